The number of rotatable bonds is 1. The monoisotopic (exact) mass is 400 g/mol. The second-order valence-corrected chi connectivity index (χ2v) is 6.80. The predicted octanol–water partition coefficient (Wildman–Crippen LogP) is 2.21. The number of ether oxygens (including phenoxy) is 2. The maximum Gasteiger partial charge on any atom is 0.245 e. The number of aromatic amines is 1. The minimum atomic E-state index is -3.07. The molecule has 0 radical (unpaired) electrons. The van der Waals surface area contributed by atoms with Crippen molar-refractivity contribution in [1.29, 1.82) is 0 Å². The number of para-hydroxylation sites is 1. The Hall–Kier alpha value is -3.48. The van der Waals surface area contributed by atoms with Crippen molar-refractivity contribution in [2.24, 2.45) is 0 Å². The number of hydrogen-bond donors (Lipinski definition) is 1. The van der Waals surface area contributed by atoms with Gasteiger partial charge in [0.1, 0.15) is 6.02 Å². The van der Waals surface area contributed by atoms with Gasteiger partial charge in [-0.3, -0.25) is 9.59 Å². The lowest BCUT2D eigenvalue weighted by Crippen LogP contribution is -2.62. The highest BCUT2D eigenvalue weighted by Crippen LogP contribution is 2.44. The van der Waals surface area contributed by atoms with Crippen LogP contribution in [-0.4, -0.2) is 52.9 Å². The summed E-state index contributed by atoms with van der Waals surface area (Å²) in [5, 5.41) is -0.0755. The molecular formula is C22H19N3O4. The molecule has 7 nitrogen and oxygen atoms in total. The third-order valence-corrected chi connectivity index (χ3v) is 5.24. The summed E-state index contributed by atoms with van der Waals surface area (Å²) < 4.78 is 102. The number of amides is 2. The fourth-order valence-electron chi connectivity index (χ4n) is 4.00. The van der Waals surface area contributed by atoms with E-state index in [0.29, 0.717) is 4.90 Å². The van der Waals surface area contributed by atoms with Gasteiger partial charge in [-0.2, -0.15) is 0 Å². The molecule has 3 aliphatic heterocycles. The molecule has 0 saturated carbocycles. The first-order chi connectivity index (χ1) is 18.6. The Morgan fingerprint density at radius 2 is 2.07 bits per heavy atom. The summed E-state index contributed by atoms with van der Waals surface area (Å²) in [4.78, 5) is 31.2. The molecule has 1 aromatic heterocycles. The van der Waals surface area contributed by atoms with Crippen LogP contribution in [-0.2, 0) is 16.0 Å². The van der Waals surface area contributed by atoms with Gasteiger partial charge in [-0.25, -0.2) is 0 Å². The molecule has 29 heavy (non-hydrogen) atoms. The van der Waals surface area contributed by atoms with Crippen LogP contribution in [0.5, 0.6) is 11.5 Å². The highest BCUT2D eigenvalue weighted by atomic mass is 16.7. The molecule has 0 bridgehead atoms. The average molecular weight is 400 g/mol. The molecule has 0 aliphatic carbocycles. The number of likely N-dealkylation sites (N-methyl/N-ethyl adjacent to an activating group) is 1. The minimum Gasteiger partial charge on any atom is -0.454 e. The van der Waals surface area contributed by atoms with E-state index in [1.165, 1.54) is 0 Å². The van der Waals surface area contributed by atoms with Crippen LogP contribution >= 0.6 is 0 Å². The summed E-state index contributed by atoms with van der Waals surface area (Å²) in [5.74, 6) is -2.61. The van der Waals surface area contributed by atoms with E-state index in [-0.39, 0.29) is 46.0 Å². The van der Waals surface area contributed by atoms with Crippen LogP contribution in [0.3, 0.4) is 0 Å². The maximum atomic E-state index is 13.7. The summed E-state index contributed by atoms with van der Waals surface area (Å²) >= 11 is 0. The number of carbonyl (C=O) groups excluding carboxylic acids is 2. The van der Waals surface area contributed by atoms with Crippen LogP contribution < -0.4 is 9.47 Å². The number of H-pyrrole nitrogens is 1. The van der Waals surface area contributed by atoms with E-state index in [4.69, 9.17) is 23.2 Å². The van der Waals surface area contributed by atoms with E-state index < -0.39 is 86.1 Å². The Morgan fingerprint density at radius 1 is 1.21 bits per heavy atom. The molecule has 1 saturated heterocycles. The van der Waals surface area contributed by atoms with Gasteiger partial charge in [0.05, 0.1) is 23.6 Å². The van der Waals surface area contributed by atoms with Crippen LogP contribution in [0, 0.1) is 0 Å². The Balaban J connectivity index is 1.73. The standard InChI is InChI=1S/C22H19N3O4/c1-24-10-19(26)25-16(22(24)27)9-14-13-4-2-3-5-15(13)23-20(14)21(25)12-6-7-17-18(8-12)29-11-28-17/h2-8,16,21,23H,9-11H2,1H3/t16-,21?/m1/s1/i1D3,2D,3D,4D,5D,6D,7D,8D,16D. The topological polar surface area (TPSA) is 74.9 Å². The molecule has 1 N–H and O–H groups in total. The molecule has 7 heteroatoms. The van der Waals surface area contributed by atoms with Gasteiger partial charge in [-0.1, -0.05) is 24.2 Å². The minimum absolute atomic E-state index is 0.00799. The number of fused-ring (bicyclic) bond motifs is 5. The molecule has 3 aliphatic rings. The highest BCUT2D eigenvalue weighted by Gasteiger charge is 2.47. The van der Waals surface area contributed by atoms with Crippen molar-refractivity contribution < 1.29 is 34.1 Å². The molecule has 1 fully saturated rings. The number of carbonyl (C=O) groups is 2. The van der Waals surface area contributed by atoms with Gasteiger partial charge in [-0.05, 0) is 29.3 Å². The van der Waals surface area contributed by atoms with Crippen molar-refractivity contribution in [2.75, 3.05) is 20.3 Å². The van der Waals surface area contributed by atoms with Crippen molar-refractivity contribution in [3.05, 3.63) is 59.1 Å². The normalized spacial score (nSPS) is 31.2. The maximum absolute atomic E-state index is 13.7. The largest absolute Gasteiger partial charge is 0.454 e. The fraction of sp³-hybridized carbons (Fsp3) is 0.273. The molecule has 3 aromatic rings. The molecule has 2 amide bonds. The van der Waals surface area contributed by atoms with Crippen LogP contribution in [0.2, 0.25) is 0 Å². The third-order valence-electron chi connectivity index (χ3n) is 5.24. The quantitative estimate of drug-likeness (QED) is 0.680. The molecule has 0 spiro atoms. The van der Waals surface area contributed by atoms with Gasteiger partial charge in [-0.15, -0.1) is 0 Å². The molecule has 6 rings (SSSR count). The van der Waals surface area contributed by atoms with Gasteiger partial charge in [0.25, 0.3) is 0 Å². The van der Waals surface area contributed by atoms with Crippen LogP contribution in [0.4, 0.5) is 0 Å². The first-order valence-electron chi connectivity index (χ1n) is 14.3. The second-order valence-electron chi connectivity index (χ2n) is 6.80. The summed E-state index contributed by atoms with van der Waals surface area (Å²) in [7, 11) is 0. The zero-order valence-electron chi connectivity index (χ0n) is 25.7. The van der Waals surface area contributed by atoms with Crippen molar-refractivity contribution in [3.8, 4) is 11.5 Å². The van der Waals surface area contributed by atoms with E-state index >= 15 is 0 Å². The zero-order chi connectivity index (χ0) is 29.2. The molecule has 146 valence electrons. The predicted molar refractivity (Wildman–Crippen MR) is 105 cm³/mol. The van der Waals surface area contributed by atoms with E-state index in [9.17, 15) is 11.0 Å². The summed E-state index contributed by atoms with van der Waals surface area (Å²) in [6.07, 6.45) is -0.642. The second kappa shape index (κ2) is 5.76. The van der Waals surface area contributed by atoms with Crippen LogP contribution in [0.25, 0.3) is 10.9 Å². The SMILES string of the molecule is [2H]c1c([2H])c(C2c3[nH]c4c([2H])c([2H])c([2H])c([2H])c4c3C[C@]3([2H])C(=O)N(C([2H])([2H])[2H])CC(=O)N23)c([2H])c2c1OCO2. The lowest BCUT2D eigenvalue weighted by Gasteiger charge is -2.46. The van der Waals surface area contributed by atoms with Gasteiger partial charge < -0.3 is 24.3 Å². The van der Waals surface area contributed by atoms with Gasteiger partial charge in [0, 0.05) is 34.1 Å². The Bertz CT molecular complexity index is 1690. The lowest BCUT2D eigenvalue weighted by molar-refractivity contribution is -0.157. The first-order valence-corrected chi connectivity index (χ1v) is 8.75. The lowest BCUT2D eigenvalue weighted by atomic mass is 9.86. The highest BCUT2D eigenvalue weighted by molar-refractivity contribution is 5.97. The van der Waals surface area contributed by atoms with E-state index in [1.807, 2.05) is 0 Å². The molecule has 2 aromatic carbocycles. The molecule has 1 unspecified atom stereocenters. The number of piperazine rings is 1. The summed E-state index contributed by atoms with van der Waals surface area (Å²) in [5.41, 5.74) is -0.387. The number of aromatic nitrogens is 1. The molecule has 4 heterocycles. The number of nitrogens with one attached hydrogen (secondary N) is 1. The summed E-state index contributed by atoms with van der Waals surface area (Å²) in [6.45, 7) is -4.33. The van der Waals surface area contributed by atoms with E-state index in [1.54, 1.807) is 0 Å². The van der Waals surface area contributed by atoms with Gasteiger partial charge in [0.2, 0.25) is 18.6 Å². The number of hydrogen-bond acceptors (Lipinski definition) is 4. The summed E-state index contributed by atoms with van der Waals surface area (Å²) in [6, 6.07) is -7.90. The van der Waals surface area contributed by atoms with Gasteiger partial charge >= 0.3 is 0 Å². The smallest absolute Gasteiger partial charge is 0.245 e. The number of nitrogens with zero attached hydrogens (tertiary/aromatic N) is 2. The van der Waals surface area contributed by atoms with Crippen molar-refractivity contribution in [3.63, 3.8) is 0 Å². The van der Waals surface area contributed by atoms with Crippen molar-refractivity contribution in [2.45, 2.75) is 18.5 Å². The Kier molecular flexibility index (Phi) is 1.77. The van der Waals surface area contributed by atoms with E-state index in [0.717, 1.165) is 4.90 Å². The van der Waals surface area contributed by atoms with Crippen molar-refractivity contribution >= 4 is 22.7 Å². The van der Waals surface area contributed by atoms with Crippen molar-refractivity contribution in [1.82, 2.24) is 14.8 Å². The third kappa shape index (κ3) is 2.24. The first kappa shape index (κ1) is 8.90. The average Bonchev–Trinajstić information content (AvgIpc) is 3.52. The van der Waals surface area contributed by atoms with Gasteiger partial charge in [0.15, 0.2) is 11.5 Å². The van der Waals surface area contributed by atoms with E-state index in [2.05, 4.69) is 4.98 Å². The Morgan fingerprint density at radius 3 is 2.97 bits per heavy atom. The molecular weight excluding hydrogens is 370 g/mol. The fourth-order valence-corrected chi connectivity index (χ4v) is 4.00. The van der Waals surface area contributed by atoms with Crippen LogP contribution in [0.15, 0.2) is 42.3 Å². The number of benzene rings is 2. The molecule has 2 atom stereocenters. The van der Waals surface area contributed by atoms with Crippen LogP contribution in [0.1, 0.15) is 37.9 Å². The Labute approximate surface area is 182 Å². The zero-order valence-corrected chi connectivity index (χ0v) is 14.7.